The van der Waals surface area contributed by atoms with Crippen LogP contribution in [0.2, 0.25) is 0 Å². The molecule has 3 rings (SSSR count). The predicted octanol–water partition coefficient (Wildman–Crippen LogP) is 2.08. The fraction of sp³-hybridized carbons (Fsp3) is 0.421. The van der Waals surface area contributed by atoms with Crippen molar-refractivity contribution >= 4 is 17.5 Å². The first-order valence-corrected chi connectivity index (χ1v) is 8.69. The van der Waals surface area contributed by atoms with Crippen molar-refractivity contribution in [2.75, 3.05) is 37.0 Å². The SMILES string of the molecule is CN(C)c1cccc(CNC(=O)[C@@H]2CCCN(c3ncccn3)C2)c1. The summed E-state index contributed by atoms with van der Waals surface area (Å²) < 4.78 is 0. The van der Waals surface area contributed by atoms with Gasteiger partial charge < -0.3 is 15.1 Å². The summed E-state index contributed by atoms with van der Waals surface area (Å²) in [6, 6.07) is 10.0. The van der Waals surface area contributed by atoms with Crippen molar-refractivity contribution in [1.29, 1.82) is 0 Å². The molecule has 132 valence electrons. The molecule has 25 heavy (non-hydrogen) atoms. The maximum Gasteiger partial charge on any atom is 0.225 e. The molecule has 0 radical (unpaired) electrons. The molecule has 2 aromatic rings. The smallest absolute Gasteiger partial charge is 0.225 e. The van der Waals surface area contributed by atoms with Gasteiger partial charge >= 0.3 is 0 Å². The third kappa shape index (κ3) is 4.47. The minimum atomic E-state index is -0.0189. The molecule has 6 nitrogen and oxygen atoms in total. The molecule has 1 aliphatic rings. The van der Waals surface area contributed by atoms with Gasteiger partial charge in [0, 0.05) is 51.8 Å². The van der Waals surface area contributed by atoms with Gasteiger partial charge in [0.25, 0.3) is 0 Å². The number of nitrogens with zero attached hydrogens (tertiary/aromatic N) is 4. The molecule has 1 saturated heterocycles. The lowest BCUT2D eigenvalue weighted by atomic mass is 9.97. The normalized spacial score (nSPS) is 17.2. The summed E-state index contributed by atoms with van der Waals surface area (Å²) in [5.41, 5.74) is 2.25. The van der Waals surface area contributed by atoms with E-state index in [0.29, 0.717) is 19.0 Å². The lowest BCUT2D eigenvalue weighted by molar-refractivity contribution is -0.125. The largest absolute Gasteiger partial charge is 0.378 e. The van der Waals surface area contributed by atoms with Crippen LogP contribution in [0.4, 0.5) is 11.6 Å². The van der Waals surface area contributed by atoms with Crippen LogP contribution in [0.3, 0.4) is 0 Å². The molecule has 0 unspecified atom stereocenters. The summed E-state index contributed by atoms with van der Waals surface area (Å²) in [6.45, 7) is 2.13. The van der Waals surface area contributed by atoms with Gasteiger partial charge in [0.2, 0.25) is 11.9 Å². The minimum absolute atomic E-state index is 0.0189. The Morgan fingerprint density at radius 1 is 1.28 bits per heavy atom. The zero-order valence-electron chi connectivity index (χ0n) is 14.9. The number of rotatable bonds is 5. The van der Waals surface area contributed by atoms with Gasteiger partial charge in [-0.2, -0.15) is 0 Å². The van der Waals surface area contributed by atoms with Crippen LogP contribution in [0.25, 0.3) is 0 Å². The van der Waals surface area contributed by atoms with Gasteiger partial charge in [0.05, 0.1) is 5.92 Å². The maximum atomic E-state index is 12.6. The molecular weight excluding hydrogens is 314 g/mol. The van der Waals surface area contributed by atoms with Crippen LogP contribution in [0.1, 0.15) is 18.4 Å². The molecule has 1 aliphatic heterocycles. The topological polar surface area (TPSA) is 61.4 Å². The Labute approximate surface area is 148 Å². The molecule has 0 aliphatic carbocycles. The van der Waals surface area contributed by atoms with Crippen LogP contribution >= 0.6 is 0 Å². The summed E-state index contributed by atoms with van der Waals surface area (Å²) >= 11 is 0. The molecule has 1 fully saturated rings. The summed E-state index contributed by atoms with van der Waals surface area (Å²) in [7, 11) is 4.03. The van der Waals surface area contributed by atoms with Crippen molar-refractivity contribution in [3.63, 3.8) is 0 Å². The van der Waals surface area contributed by atoms with Crippen molar-refractivity contribution < 1.29 is 4.79 Å². The monoisotopic (exact) mass is 339 g/mol. The van der Waals surface area contributed by atoms with E-state index in [1.807, 2.05) is 26.2 Å². The van der Waals surface area contributed by atoms with E-state index in [-0.39, 0.29) is 11.8 Å². The maximum absolute atomic E-state index is 12.6. The lowest BCUT2D eigenvalue weighted by Crippen LogP contribution is -2.43. The molecule has 0 bridgehead atoms. The highest BCUT2D eigenvalue weighted by Gasteiger charge is 2.26. The van der Waals surface area contributed by atoms with E-state index in [1.165, 1.54) is 0 Å². The van der Waals surface area contributed by atoms with Crippen LogP contribution in [-0.4, -0.2) is 43.1 Å². The minimum Gasteiger partial charge on any atom is -0.378 e. The molecule has 1 aromatic heterocycles. The number of hydrogen-bond acceptors (Lipinski definition) is 5. The van der Waals surface area contributed by atoms with E-state index in [9.17, 15) is 4.79 Å². The molecule has 1 aromatic carbocycles. The van der Waals surface area contributed by atoms with E-state index >= 15 is 0 Å². The molecule has 1 atom stereocenters. The highest BCUT2D eigenvalue weighted by Crippen LogP contribution is 2.20. The van der Waals surface area contributed by atoms with Gasteiger partial charge in [0.15, 0.2) is 0 Å². The van der Waals surface area contributed by atoms with E-state index < -0.39 is 0 Å². The number of carbonyl (C=O) groups excluding carboxylic acids is 1. The average molecular weight is 339 g/mol. The molecule has 6 heteroatoms. The second kappa shape index (κ2) is 7.96. The Morgan fingerprint density at radius 3 is 2.84 bits per heavy atom. The Hall–Kier alpha value is -2.63. The van der Waals surface area contributed by atoms with Crippen molar-refractivity contribution in [2.45, 2.75) is 19.4 Å². The van der Waals surface area contributed by atoms with Crippen LogP contribution in [-0.2, 0) is 11.3 Å². The van der Waals surface area contributed by atoms with Crippen molar-refractivity contribution in [2.24, 2.45) is 5.92 Å². The average Bonchev–Trinajstić information content (AvgIpc) is 2.67. The summed E-state index contributed by atoms with van der Waals surface area (Å²) in [6.07, 6.45) is 5.37. The Balaban J connectivity index is 1.57. The summed E-state index contributed by atoms with van der Waals surface area (Å²) in [4.78, 5) is 25.3. The number of aromatic nitrogens is 2. The van der Waals surface area contributed by atoms with Crippen LogP contribution < -0.4 is 15.1 Å². The Kier molecular flexibility index (Phi) is 5.48. The molecule has 2 heterocycles. The summed E-state index contributed by atoms with van der Waals surface area (Å²) in [5.74, 6) is 0.796. The number of carbonyl (C=O) groups is 1. The van der Waals surface area contributed by atoms with Crippen molar-refractivity contribution in [3.8, 4) is 0 Å². The van der Waals surface area contributed by atoms with Crippen LogP contribution in [0.15, 0.2) is 42.7 Å². The molecule has 1 amide bonds. The van der Waals surface area contributed by atoms with Crippen LogP contribution in [0, 0.1) is 5.92 Å². The van der Waals surface area contributed by atoms with E-state index in [2.05, 4.69) is 37.2 Å². The van der Waals surface area contributed by atoms with E-state index in [0.717, 1.165) is 30.6 Å². The van der Waals surface area contributed by atoms with Crippen molar-refractivity contribution in [3.05, 3.63) is 48.3 Å². The first-order valence-electron chi connectivity index (χ1n) is 8.69. The molecule has 1 N–H and O–H groups in total. The number of piperidine rings is 1. The number of nitrogens with one attached hydrogen (secondary N) is 1. The quantitative estimate of drug-likeness (QED) is 0.904. The van der Waals surface area contributed by atoms with Crippen molar-refractivity contribution in [1.82, 2.24) is 15.3 Å². The third-order valence-corrected chi connectivity index (χ3v) is 4.52. The highest BCUT2D eigenvalue weighted by molar-refractivity contribution is 5.79. The van der Waals surface area contributed by atoms with E-state index in [4.69, 9.17) is 0 Å². The molecule has 0 spiro atoms. The number of benzene rings is 1. The van der Waals surface area contributed by atoms with Gasteiger partial charge in [-0.3, -0.25) is 4.79 Å². The van der Waals surface area contributed by atoms with Gasteiger partial charge in [-0.05, 0) is 36.6 Å². The Morgan fingerprint density at radius 2 is 2.08 bits per heavy atom. The van der Waals surface area contributed by atoms with Gasteiger partial charge in [-0.1, -0.05) is 12.1 Å². The number of hydrogen-bond donors (Lipinski definition) is 1. The first kappa shape index (κ1) is 17.2. The Bertz CT molecular complexity index is 704. The van der Waals surface area contributed by atoms with Gasteiger partial charge in [-0.25, -0.2) is 9.97 Å². The number of amides is 1. The summed E-state index contributed by atoms with van der Waals surface area (Å²) in [5, 5.41) is 3.08. The fourth-order valence-electron chi connectivity index (χ4n) is 3.11. The fourth-order valence-corrected chi connectivity index (χ4v) is 3.11. The zero-order chi connectivity index (χ0) is 17.6. The second-order valence-electron chi connectivity index (χ2n) is 6.62. The third-order valence-electron chi connectivity index (χ3n) is 4.52. The zero-order valence-corrected chi connectivity index (χ0v) is 14.9. The van der Waals surface area contributed by atoms with Gasteiger partial charge in [0.1, 0.15) is 0 Å². The highest BCUT2D eigenvalue weighted by atomic mass is 16.1. The molecular formula is C19H25N5O. The second-order valence-corrected chi connectivity index (χ2v) is 6.62. The first-order chi connectivity index (χ1) is 12.1. The van der Waals surface area contributed by atoms with Crippen LogP contribution in [0.5, 0.6) is 0 Å². The van der Waals surface area contributed by atoms with E-state index in [1.54, 1.807) is 18.5 Å². The standard InChI is InChI=1S/C19H25N5O/c1-23(2)17-8-3-6-15(12-17)13-22-18(25)16-7-4-11-24(14-16)19-20-9-5-10-21-19/h3,5-6,8-10,12,16H,4,7,11,13-14H2,1-2H3,(H,22,25)/t16-/m1/s1. The number of anilines is 2. The predicted molar refractivity (Wildman–Crippen MR) is 99.6 cm³/mol. The molecule has 0 saturated carbocycles. The van der Waals surface area contributed by atoms with Gasteiger partial charge in [-0.15, -0.1) is 0 Å². The lowest BCUT2D eigenvalue weighted by Gasteiger charge is -2.31.